The fourth-order valence-corrected chi connectivity index (χ4v) is 1.75. The van der Waals surface area contributed by atoms with Crippen LogP contribution in [0, 0.1) is 5.92 Å². The summed E-state index contributed by atoms with van der Waals surface area (Å²) in [5.74, 6) is 0.0868. The van der Waals surface area contributed by atoms with Crippen LogP contribution in [0.5, 0.6) is 0 Å². The van der Waals surface area contributed by atoms with Gasteiger partial charge in [0.05, 0.1) is 5.60 Å². The fraction of sp³-hybridized carbons (Fsp3) is 0.444. The van der Waals surface area contributed by atoms with E-state index in [9.17, 15) is 9.90 Å². The summed E-state index contributed by atoms with van der Waals surface area (Å²) in [5.41, 5.74) is 1.06. The molecular weight excluding hydrogens is 140 g/mol. The molecule has 0 spiro atoms. The molecule has 1 fully saturated rings. The lowest BCUT2D eigenvalue weighted by Gasteiger charge is -2.10. The third kappa shape index (κ3) is 0.862. The summed E-state index contributed by atoms with van der Waals surface area (Å²) < 4.78 is 0. The van der Waals surface area contributed by atoms with Gasteiger partial charge >= 0.3 is 0 Å². The van der Waals surface area contributed by atoms with Crippen molar-refractivity contribution < 1.29 is 9.90 Å². The van der Waals surface area contributed by atoms with Crippen molar-refractivity contribution in [2.75, 3.05) is 0 Å². The highest BCUT2D eigenvalue weighted by molar-refractivity contribution is 5.78. The van der Waals surface area contributed by atoms with Gasteiger partial charge < -0.3 is 5.11 Å². The standard InChI is InChI=1S/C9H10O2/c1-6-2-7(5-10)8-4-9(8,11)3-6/h2-3,5,8,11H,4H2,1H3. The van der Waals surface area contributed by atoms with Gasteiger partial charge in [-0.25, -0.2) is 0 Å². The quantitative estimate of drug-likeness (QED) is 0.562. The first-order valence-electron chi connectivity index (χ1n) is 3.74. The van der Waals surface area contributed by atoms with Crippen LogP contribution in [0.1, 0.15) is 13.3 Å². The zero-order chi connectivity index (χ0) is 8.06. The van der Waals surface area contributed by atoms with Crippen molar-refractivity contribution in [3.8, 4) is 0 Å². The van der Waals surface area contributed by atoms with E-state index in [1.54, 1.807) is 0 Å². The molecular formula is C9H10O2. The number of carbonyl (C=O) groups excluding carboxylic acids is 1. The molecule has 2 unspecified atom stereocenters. The zero-order valence-corrected chi connectivity index (χ0v) is 6.37. The van der Waals surface area contributed by atoms with Crippen LogP contribution in [0.15, 0.2) is 23.3 Å². The second kappa shape index (κ2) is 1.83. The van der Waals surface area contributed by atoms with Gasteiger partial charge in [0.15, 0.2) is 0 Å². The Morgan fingerprint density at radius 2 is 2.55 bits per heavy atom. The van der Waals surface area contributed by atoms with E-state index in [-0.39, 0.29) is 5.92 Å². The van der Waals surface area contributed by atoms with E-state index in [1.807, 2.05) is 19.1 Å². The molecule has 2 rings (SSSR count). The molecule has 11 heavy (non-hydrogen) atoms. The molecule has 0 aromatic rings. The Hall–Kier alpha value is -0.890. The van der Waals surface area contributed by atoms with Crippen molar-refractivity contribution in [2.45, 2.75) is 18.9 Å². The van der Waals surface area contributed by atoms with Crippen LogP contribution in [0.3, 0.4) is 0 Å². The number of carbonyl (C=O) groups is 1. The van der Waals surface area contributed by atoms with Crippen LogP contribution >= 0.6 is 0 Å². The second-order valence-corrected chi connectivity index (χ2v) is 3.40. The van der Waals surface area contributed by atoms with E-state index >= 15 is 0 Å². The van der Waals surface area contributed by atoms with Crippen molar-refractivity contribution in [1.82, 2.24) is 0 Å². The SMILES string of the molecule is CC1=CC2(O)CC2C(C=O)=C1. The average Bonchev–Trinajstić information content (AvgIpc) is 2.58. The molecule has 2 heteroatoms. The van der Waals surface area contributed by atoms with Crippen molar-refractivity contribution in [3.05, 3.63) is 23.3 Å². The first-order valence-corrected chi connectivity index (χ1v) is 3.74. The molecule has 0 saturated heterocycles. The Morgan fingerprint density at radius 3 is 3.18 bits per heavy atom. The minimum atomic E-state index is -0.672. The van der Waals surface area contributed by atoms with E-state index in [2.05, 4.69) is 0 Å². The van der Waals surface area contributed by atoms with E-state index in [0.717, 1.165) is 23.9 Å². The second-order valence-electron chi connectivity index (χ2n) is 3.40. The summed E-state index contributed by atoms with van der Waals surface area (Å²) in [6.07, 6.45) is 5.25. The normalized spacial score (nSPS) is 40.4. The number of aliphatic hydroxyl groups is 1. The Kier molecular flexibility index (Phi) is 1.13. The lowest BCUT2D eigenvalue weighted by Crippen LogP contribution is -2.12. The molecule has 0 amide bonds. The third-order valence-electron chi connectivity index (χ3n) is 2.38. The van der Waals surface area contributed by atoms with Crippen LogP contribution in [-0.4, -0.2) is 17.0 Å². The van der Waals surface area contributed by atoms with Gasteiger partial charge in [-0.1, -0.05) is 11.6 Å². The van der Waals surface area contributed by atoms with E-state index in [0.29, 0.717) is 0 Å². The maximum absolute atomic E-state index is 10.5. The first kappa shape index (κ1) is 6.80. The highest BCUT2D eigenvalue weighted by Gasteiger charge is 2.54. The molecule has 0 aromatic carbocycles. The Bertz CT molecular complexity index is 275. The fourth-order valence-electron chi connectivity index (χ4n) is 1.75. The van der Waals surface area contributed by atoms with Gasteiger partial charge in [-0.2, -0.15) is 0 Å². The molecule has 1 N–H and O–H groups in total. The van der Waals surface area contributed by atoms with Gasteiger partial charge in [0, 0.05) is 5.92 Å². The maximum atomic E-state index is 10.5. The predicted octanol–water partition coefficient (Wildman–Crippen LogP) is 0.823. The molecule has 2 aliphatic rings. The predicted molar refractivity (Wildman–Crippen MR) is 41.0 cm³/mol. The molecule has 0 radical (unpaired) electrons. The van der Waals surface area contributed by atoms with E-state index < -0.39 is 5.60 Å². The summed E-state index contributed by atoms with van der Waals surface area (Å²) >= 11 is 0. The lowest BCUT2D eigenvalue weighted by molar-refractivity contribution is -0.105. The van der Waals surface area contributed by atoms with Crippen LogP contribution in [-0.2, 0) is 4.79 Å². The molecule has 0 aromatic heterocycles. The smallest absolute Gasteiger partial charge is 0.146 e. The largest absolute Gasteiger partial charge is 0.385 e. The summed E-state index contributed by atoms with van der Waals surface area (Å²) in [4.78, 5) is 10.5. The van der Waals surface area contributed by atoms with Gasteiger partial charge in [0.1, 0.15) is 6.29 Å². The summed E-state index contributed by atoms with van der Waals surface area (Å²) in [5, 5.41) is 9.64. The Labute approximate surface area is 65.2 Å². The number of hydrogen-bond donors (Lipinski definition) is 1. The van der Waals surface area contributed by atoms with Crippen molar-refractivity contribution in [3.63, 3.8) is 0 Å². The first-order chi connectivity index (χ1) is 5.15. The Morgan fingerprint density at radius 1 is 1.82 bits per heavy atom. The number of allylic oxidation sites excluding steroid dienone is 2. The number of fused-ring (bicyclic) bond motifs is 1. The molecule has 2 aliphatic carbocycles. The molecule has 1 saturated carbocycles. The van der Waals surface area contributed by atoms with Crippen LogP contribution in [0.2, 0.25) is 0 Å². The molecule has 2 nitrogen and oxygen atoms in total. The van der Waals surface area contributed by atoms with E-state index in [1.165, 1.54) is 0 Å². The zero-order valence-electron chi connectivity index (χ0n) is 6.37. The molecule has 2 atom stereocenters. The third-order valence-corrected chi connectivity index (χ3v) is 2.38. The lowest BCUT2D eigenvalue weighted by atomic mass is 9.99. The summed E-state index contributed by atoms with van der Waals surface area (Å²) in [7, 11) is 0. The van der Waals surface area contributed by atoms with Crippen molar-refractivity contribution in [2.24, 2.45) is 5.92 Å². The molecule has 0 bridgehead atoms. The van der Waals surface area contributed by atoms with E-state index in [4.69, 9.17) is 0 Å². The monoisotopic (exact) mass is 150 g/mol. The van der Waals surface area contributed by atoms with Gasteiger partial charge in [0.2, 0.25) is 0 Å². The average molecular weight is 150 g/mol. The summed E-state index contributed by atoms with van der Waals surface area (Å²) in [6.45, 7) is 1.90. The molecule has 0 heterocycles. The molecule has 58 valence electrons. The van der Waals surface area contributed by atoms with Crippen molar-refractivity contribution in [1.29, 1.82) is 0 Å². The molecule has 0 aliphatic heterocycles. The van der Waals surface area contributed by atoms with Crippen LogP contribution in [0.25, 0.3) is 0 Å². The minimum Gasteiger partial charge on any atom is -0.385 e. The van der Waals surface area contributed by atoms with Crippen LogP contribution in [0.4, 0.5) is 0 Å². The van der Waals surface area contributed by atoms with Gasteiger partial charge in [0.25, 0.3) is 0 Å². The Balaban J connectivity index is 2.38. The van der Waals surface area contributed by atoms with Crippen LogP contribution < -0.4 is 0 Å². The minimum absolute atomic E-state index is 0.0868. The highest BCUT2D eigenvalue weighted by Crippen LogP contribution is 2.51. The number of aldehydes is 1. The van der Waals surface area contributed by atoms with Crippen molar-refractivity contribution >= 4 is 6.29 Å². The highest BCUT2D eigenvalue weighted by atomic mass is 16.3. The number of hydrogen-bond acceptors (Lipinski definition) is 2. The topological polar surface area (TPSA) is 37.3 Å². The van der Waals surface area contributed by atoms with Gasteiger partial charge in [-0.05, 0) is 25.0 Å². The summed E-state index contributed by atoms with van der Waals surface area (Å²) in [6, 6.07) is 0. The van der Waals surface area contributed by atoms with Gasteiger partial charge in [-0.15, -0.1) is 0 Å². The van der Waals surface area contributed by atoms with Gasteiger partial charge in [-0.3, -0.25) is 4.79 Å². The maximum Gasteiger partial charge on any atom is 0.146 e. The number of rotatable bonds is 1.